The van der Waals surface area contributed by atoms with Gasteiger partial charge in [-0.05, 0) is 43.2 Å². The number of carbonyl (C=O) groups is 1. The number of benzene rings is 2. The molecule has 0 spiro atoms. The number of carboxylic acid groups (broad SMARTS) is 1. The molecule has 0 amide bonds. The van der Waals surface area contributed by atoms with Crippen molar-refractivity contribution >= 4 is 16.7 Å². The fraction of sp³-hybridized carbons (Fsp3) is 0.300. The van der Waals surface area contributed by atoms with Crippen molar-refractivity contribution in [3.63, 3.8) is 0 Å². The first-order valence-electron chi connectivity index (χ1n) is 8.63. The molecule has 2 aromatic carbocycles. The summed E-state index contributed by atoms with van der Waals surface area (Å²) in [7, 11) is 0. The van der Waals surface area contributed by atoms with Crippen LogP contribution in [0.5, 0.6) is 0 Å². The highest BCUT2D eigenvalue weighted by atomic mass is 16.4. The molecule has 0 aliphatic heterocycles. The van der Waals surface area contributed by atoms with E-state index in [1.54, 1.807) is 6.33 Å². The molecule has 1 aromatic heterocycles. The molecular weight excluding hydrogens is 314 g/mol. The molecule has 3 aromatic rings. The van der Waals surface area contributed by atoms with Gasteiger partial charge in [-0.3, -0.25) is 4.79 Å². The third kappa shape index (κ3) is 2.51. The fourth-order valence-corrected chi connectivity index (χ4v) is 3.85. The number of rotatable bonds is 6. The molecule has 0 bridgehead atoms. The molecule has 3 N–H and O–H groups in total. The van der Waals surface area contributed by atoms with E-state index in [1.165, 1.54) is 0 Å². The van der Waals surface area contributed by atoms with E-state index < -0.39 is 11.4 Å². The van der Waals surface area contributed by atoms with Crippen molar-refractivity contribution in [2.45, 2.75) is 24.7 Å². The number of fused-ring (bicyclic) bond motifs is 1. The quantitative estimate of drug-likeness (QED) is 0.725. The Morgan fingerprint density at radius 3 is 2.88 bits per heavy atom. The van der Waals surface area contributed by atoms with Crippen molar-refractivity contribution in [1.82, 2.24) is 9.55 Å². The Morgan fingerprint density at radius 1 is 1.28 bits per heavy atom. The van der Waals surface area contributed by atoms with Crippen LogP contribution in [0.1, 0.15) is 25.0 Å². The number of nitrogens with zero attached hydrogens (tertiary/aromatic N) is 2. The molecule has 1 unspecified atom stereocenters. The summed E-state index contributed by atoms with van der Waals surface area (Å²) in [5.74, 6) is -0.651. The maximum atomic E-state index is 11.9. The largest absolute Gasteiger partial charge is 0.481 e. The summed E-state index contributed by atoms with van der Waals surface area (Å²) in [5.41, 5.74) is 6.39. The van der Waals surface area contributed by atoms with Crippen LogP contribution in [0, 0.1) is 5.92 Å². The topological polar surface area (TPSA) is 81.1 Å². The second-order valence-corrected chi connectivity index (χ2v) is 6.77. The van der Waals surface area contributed by atoms with Gasteiger partial charge in [0, 0.05) is 11.6 Å². The van der Waals surface area contributed by atoms with Crippen LogP contribution in [0.25, 0.3) is 16.5 Å². The second-order valence-electron chi connectivity index (χ2n) is 6.77. The highest BCUT2D eigenvalue weighted by molar-refractivity contribution is 5.90. The standard InChI is InChI=1S/C20H21N3O2/c21-10-4-7-15-11-20(15,19(24)25)18-12-23(13-22-18)17-9-3-6-14-5-1-2-8-16(14)17/h1-3,5-6,8-9,12-13,15H,4,7,10-11,21H2,(H,24,25)/t15-,20?/m0/s1. The third-order valence-electron chi connectivity index (χ3n) is 5.33. The maximum absolute atomic E-state index is 11.9. The van der Waals surface area contributed by atoms with Crippen molar-refractivity contribution in [1.29, 1.82) is 0 Å². The van der Waals surface area contributed by atoms with Gasteiger partial charge in [0.15, 0.2) is 0 Å². The lowest BCUT2D eigenvalue weighted by Gasteiger charge is -2.10. The molecule has 4 rings (SSSR count). The highest BCUT2D eigenvalue weighted by Gasteiger charge is 2.62. The molecule has 1 aliphatic rings. The van der Waals surface area contributed by atoms with Crippen LogP contribution >= 0.6 is 0 Å². The van der Waals surface area contributed by atoms with Gasteiger partial charge in [0.2, 0.25) is 0 Å². The summed E-state index contributed by atoms with van der Waals surface area (Å²) in [4.78, 5) is 16.4. The van der Waals surface area contributed by atoms with Crippen LogP contribution < -0.4 is 5.73 Å². The molecule has 5 heteroatoms. The molecule has 1 saturated carbocycles. The van der Waals surface area contributed by atoms with Gasteiger partial charge in [0.1, 0.15) is 5.41 Å². The van der Waals surface area contributed by atoms with Gasteiger partial charge in [-0.25, -0.2) is 4.98 Å². The van der Waals surface area contributed by atoms with Crippen molar-refractivity contribution in [2.75, 3.05) is 6.54 Å². The van der Waals surface area contributed by atoms with E-state index in [-0.39, 0.29) is 5.92 Å². The van der Waals surface area contributed by atoms with E-state index in [0.717, 1.165) is 29.3 Å². The van der Waals surface area contributed by atoms with Crippen LogP contribution in [0.3, 0.4) is 0 Å². The van der Waals surface area contributed by atoms with E-state index in [0.29, 0.717) is 18.7 Å². The number of nitrogens with two attached hydrogens (primary N) is 1. The van der Waals surface area contributed by atoms with Gasteiger partial charge in [-0.2, -0.15) is 0 Å². The van der Waals surface area contributed by atoms with Gasteiger partial charge in [0.25, 0.3) is 0 Å². The Morgan fingerprint density at radius 2 is 2.08 bits per heavy atom. The van der Waals surface area contributed by atoms with Gasteiger partial charge < -0.3 is 15.4 Å². The van der Waals surface area contributed by atoms with Crippen molar-refractivity contribution in [3.8, 4) is 5.69 Å². The van der Waals surface area contributed by atoms with Gasteiger partial charge >= 0.3 is 5.97 Å². The normalized spacial score (nSPS) is 22.2. The number of aliphatic carboxylic acids is 1. The van der Waals surface area contributed by atoms with Gasteiger partial charge in [-0.15, -0.1) is 0 Å². The minimum absolute atomic E-state index is 0.129. The van der Waals surface area contributed by atoms with Crippen LogP contribution in [0.2, 0.25) is 0 Å². The number of hydrogen-bond donors (Lipinski definition) is 2. The lowest BCUT2D eigenvalue weighted by atomic mass is 9.98. The summed E-state index contributed by atoms with van der Waals surface area (Å²) < 4.78 is 1.93. The van der Waals surface area contributed by atoms with E-state index in [2.05, 4.69) is 23.2 Å². The zero-order chi connectivity index (χ0) is 17.4. The smallest absolute Gasteiger partial charge is 0.316 e. The second kappa shape index (κ2) is 6.01. The van der Waals surface area contributed by atoms with Crippen LogP contribution in [-0.2, 0) is 10.2 Å². The molecule has 1 aliphatic carbocycles. The number of carboxylic acids is 1. The minimum Gasteiger partial charge on any atom is -0.481 e. The van der Waals surface area contributed by atoms with E-state index in [1.807, 2.05) is 35.0 Å². The lowest BCUT2D eigenvalue weighted by molar-refractivity contribution is -0.140. The molecular formula is C20H21N3O2. The summed E-state index contributed by atoms with van der Waals surface area (Å²) >= 11 is 0. The predicted octanol–water partition coefficient (Wildman–Crippen LogP) is 3.11. The molecule has 25 heavy (non-hydrogen) atoms. The van der Waals surface area contributed by atoms with E-state index >= 15 is 0 Å². The Balaban J connectivity index is 1.71. The Bertz CT molecular complexity index is 928. The van der Waals surface area contributed by atoms with Crippen LogP contribution in [-0.4, -0.2) is 27.2 Å². The van der Waals surface area contributed by atoms with Crippen molar-refractivity contribution < 1.29 is 9.90 Å². The number of imidazole rings is 1. The minimum atomic E-state index is -0.842. The van der Waals surface area contributed by atoms with Crippen molar-refractivity contribution in [3.05, 3.63) is 60.7 Å². The Labute approximate surface area is 146 Å². The van der Waals surface area contributed by atoms with Gasteiger partial charge in [0.05, 0.1) is 17.7 Å². The molecule has 1 fully saturated rings. The third-order valence-corrected chi connectivity index (χ3v) is 5.33. The van der Waals surface area contributed by atoms with Crippen molar-refractivity contribution in [2.24, 2.45) is 11.7 Å². The fourth-order valence-electron chi connectivity index (χ4n) is 3.85. The monoisotopic (exact) mass is 335 g/mol. The number of aromatic nitrogens is 2. The Hall–Kier alpha value is -2.66. The molecule has 128 valence electrons. The molecule has 2 atom stereocenters. The first-order chi connectivity index (χ1) is 12.2. The van der Waals surface area contributed by atoms with Gasteiger partial charge in [-0.1, -0.05) is 36.4 Å². The van der Waals surface area contributed by atoms with Crippen LogP contribution in [0.15, 0.2) is 55.0 Å². The molecule has 1 heterocycles. The number of hydrogen-bond acceptors (Lipinski definition) is 3. The van der Waals surface area contributed by atoms with Crippen LogP contribution in [0.4, 0.5) is 0 Å². The SMILES string of the molecule is NCCC[C@H]1CC1(C(=O)O)c1cn(-c2cccc3ccccc23)cn1. The first-order valence-corrected chi connectivity index (χ1v) is 8.63. The molecule has 0 saturated heterocycles. The summed E-state index contributed by atoms with van der Waals surface area (Å²) in [6.07, 6.45) is 5.93. The summed E-state index contributed by atoms with van der Waals surface area (Å²) in [5, 5.41) is 12.1. The van der Waals surface area contributed by atoms with E-state index in [9.17, 15) is 9.90 Å². The average molecular weight is 335 g/mol. The highest BCUT2D eigenvalue weighted by Crippen LogP contribution is 2.56. The zero-order valence-corrected chi connectivity index (χ0v) is 13.9. The average Bonchev–Trinajstić information content (AvgIpc) is 3.17. The summed E-state index contributed by atoms with van der Waals surface area (Å²) in [6.45, 7) is 0.594. The molecule has 0 radical (unpaired) electrons. The maximum Gasteiger partial charge on any atom is 0.316 e. The molecule has 5 nitrogen and oxygen atoms in total. The summed E-state index contributed by atoms with van der Waals surface area (Å²) in [6, 6.07) is 14.3. The zero-order valence-electron chi connectivity index (χ0n) is 13.9. The predicted molar refractivity (Wildman–Crippen MR) is 96.8 cm³/mol. The van der Waals surface area contributed by atoms with E-state index in [4.69, 9.17) is 5.73 Å². The lowest BCUT2D eigenvalue weighted by Crippen LogP contribution is -2.23. The Kier molecular flexibility index (Phi) is 3.81. The first kappa shape index (κ1) is 15.8.